The lowest BCUT2D eigenvalue weighted by Gasteiger charge is -2.48. The molecule has 4 aliphatic rings. The van der Waals surface area contributed by atoms with Gasteiger partial charge in [0, 0.05) is 24.7 Å². The molecule has 0 bridgehead atoms. The predicted octanol–water partition coefficient (Wildman–Crippen LogP) is -3.97. The summed E-state index contributed by atoms with van der Waals surface area (Å²) in [5.41, 5.74) is 0.835. The zero-order valence-corrected chi connectivity index (χ0v) is 29.6. The first-order valence-electron chi connectivity index (χ1n) is 17.4. The lowest BCUT2D eigenvalue weighted by molar-refractivity contribution is -0.354. The number of hydrogen-bond donors (Lipinski definition) is 10. The molecule has 4 fully saturated rings. The monoisotopic (exact) mass is 769 g/mol. The van der Waals surface area contributed by atoms with E-state index in [0.29, 0.717) is 18.1 Å². The van der Waals surface area contributed by atoms with Gasteiger partial charge in [0.15, 0.2) is 18.9 Å². The van der Waals surface area contributed by atoms with Crippen molar-refractivity contribution in [3.8, 4) is 0 Å². The molecule has 17 atom stereocenters. The van der Waals surface area contributed by atoms with Crippen LogP contribution in [0.5, 0.6) is 0 Å². The molecule has 0 amide bonds. The highest BCUT2D eigenvalue weighted by molar-refractivity contribution is 6.31. The van der Waals surface area contributed by atoms with E-state index in [2.05, 4.69) is 0 Å². The van der Waals surface area contributed by atoms with Crippen molar-refractivity contribution in [2.24, 2.45) is 5.92 Å². The SMILES string of the molecule is CC(C)C1OC(COC2OC(CO)C(O)C(OC3CN(Cc4ccccc4Cl)CC(CO)O3)C2O)C(O)C(OC2OC(CO)C(O)C(O)C2O)C1O. The average Bonchev–Trinajstić information content (AvgIpc) is 3.12. The van der Waals surface area contributed by atoms with Crippen LogP contribution in [0.25, 0.3) is 0 Å². The van der Waals surface area contributed by atoms with E-state index in [1.54, 1.807) is 26.0 Å². The van der Waals surface area contributed by atoms with Gasteiger partial charge < -0.3 is 84.2 Å². The lowest BCUT2D eigenvalue weighted by Crippen LogP contribution is -2.65. The summed E-state index contributed by atoms with van der Waals surface area (Å²) in [5.74, 6) is -0.343. The molecule has 5 rings (SSSR count). The number of hydrogen-bond acceptors (Lipinski definition) is 18. The molecule has 0 saturated carbocycles. The second-order valence-electron chi connectivity index (χ2n) is 14.0. The van der Waals surface area contributed by atoms with Crippen LogP contribution in [0.4, 0.5) is 0 Å². The molecule has 4 saturated heterocycles. The number of ether oxygens (including phenoxy) is 7. The van der Waals surface area contributed by atoms with Crippen LogP contribution in [0.3, 0.4) is 0 Å². The molecule has 17 unspecified atom stereocenters. The van der Waals surface area contributed by atoms with Crippen molar-refractivity contribution in [1.29, 1.82) is 0 Å². The van der Waals surface area contributed by atoms with Gasteiger partial charge in [-0.1, -0.05) is 43.6 Å². The summed E-state index contributed by atoms with van der Waals surface area (Å²) in [6.07, 6.45) is -24.1. The van der Waals surface area contributed by atoms with Crippen molar-refractivity contribution < 1.29 is 84.2 Å². The molecule has 0 aliphatic carbocycles. The van der Waals surface area contributed by atoms with E-state index in [1.165, 1.54) is 0 Å². The highest BCUT2D eigenvalue weighted by Crippen LogP contribution is 2.33. The Morgan fingerprint density at radius 2 is 1.33 bits per heavy atom. The number of benzene rings is 1. The fourth-order valence-electron chi connectivity index (χ4n) is 6.91. The maximum atomic E-state index is 11.3. The van der Waals surface area contributed by atoms with E-state index >= 15 is 0 Å². The van der Waals surface area contributed by atoms with Gasteiger partial charge in [0.1, 0.15) is 73.2 Å². The summed E-state index contributed by atoms with van der Waals surface area (Å²) in [6, 6.07) is 7.27. The molecule has 4 heterocycles. The second kappa shape index (κ2) is 18.6. The standard InChI is InChI=1S/C33H52ClNO17/c1-14(2)29-27(44)30(52-33-26(43)25(42)22(39)18(11-37)50-33)24(41)20(48-29)13-46-32-28(45)31(23(40)19(12-38)49-32)51-21-9-35(8-16(10-36)47-21)7-15-5-3-4-6-17(15)34/h3-6,14,16,18-33,36-45H,7-13H2,1-2H3. The van der Waals surface area contributed by atoms with E-state index in [4.69, 9.17) is 44.8 Å². The van der Waals surface area contributed by atoms with Crippen molar-refractivity contribution in [3.63, 3.8) is 0 Å². The fourth-order valence-corrected chi connectivity index (χ4v) is 7.11. The van der Waals surface area contributed by atoms with E-state index < -0.39 is 124 Å². The molecule has 298 valence electrons. The van der Waals surface area contributed by atoms with Crippen LogP contribution in [-0.4, -0.2) is 200 Å². The molecule has 4 aliphatic heterocycles. The van der Waals surface area contributed by atoms with Crippen molar-refractivity contribution >= 4 is 11.6 Å². The predicted molar refractivity (Wildman–Crippen MR) is 175 cm³/mol. The van der Waals surface area contributed by atoms with Gasteiger partial charge in [-0.05, 0) is 17.5 Å². The zero-order valence-electron chi connectivity index (χ0n) is 28.8. The molecule has 18 nitrogen and oxygen atoms in total. The van der Waals surface area contributed by atoms with E-state index in [1.807, 2.05) is 17.0 Å². The number of morpholine rings is 1. The largest absolute Gasteiger partial charge is 0.394 e. The second-order valence-corrected chi connectivity index (χ2v) is 14.4. The Hall–Kier alpha value is -1.21. The normalized spacial score (nSPS) is 43.5. The van der Waals surface area contributed by atoms with E-state index in [0.717, 1.165) is 5.56 Å². The van der Waals surface area contributed by atoms with Gasteiger partial charge in [-0.15, -0.1) is 0 Å². The topological polar surface area (TPSA) is 270 Å². The number of aliphatic hydroxyl groups is 10. The quantitative estimate of drug-likeness (QED) is 0.0917. The van der Waals surface area contributed by atoms with E-state index in [-0.39, 0.29) is 19.1 Å². The summed E-state index contributed by atoms with van der Waals surface area (Å²) < 4.78 is 40.6. The summed E-state index contributed by atoms with van der Waals surface area (Å²) in [4.78, 5) is 1.94. The molecule has 19 heteroatoms. The molecular formula is C33H52ClNO17. The van der Waals surface area contributed by atoms with Gasteiger partial charge in [0.05, 0.1) is 38.6 Å². The lowest BCUT2D eigenvalue weighted by atomic mass is 9.89. The smallest absolute Gasteiger partial charge is 0.187 e. The molecule has 0 radical (unpaired) electrons. The van der Waals surface area contributed by atoms with Crippen LogP contribution in [0.15, 0.2) is 24.3 Å². The van der Waals surface area contributed by atoms with Gasteiger partial charge >= 0.3 is 0 Å². The molecule has 0 aromatic heterocycles. The molecule has 1 aromatic rings. The Morgan fingerprint density at radius 3 is 1.98 bits per heavy atom. The van der Waals surface area contributed by atoms with Crippen LogP contribution in [0, 0.1) is 5.92 Å². The van der Waals surface area contributed by atoms with Gasteiger partial charge in [-0.3, -0.25) is 4.90 Å². The van der Waals surface area contributed by atoms with Crippen molar-refractivity contribution in [3.05, 3.63) is 34.9 Å². The number of halogens is 1. The Morgan fingerprint density at radius 1 is 0.692 bits per heavy atom. The van der Waals surface area contributed by atoms with Crippen LogP contribution in [0.1, 0.15) is 19.4 Å². The van der Waals surface area contributed by atoms with Crippen LogP contribution in [0.2, 0.25) is 5.02 Å². The van der Waals surface area contributed by atoms with Crippen LogP contribution in [-0.2, 0) is 39.7 Å². The molecule has 52 heavy (non-hydrogen) atoms. The molecule has 10 N–H and O–H groups in total. The van der Waals surface area contributed by atoms with Crippen LogP contribution < -0.4 is 0 Å². The average molecular weight is 770 g/mol. The summed E-state index contributed by atoms with van der Waals surface area (Å²) in [5, 5.41) is 106. The number of aliphatic hydroxyl groups excluding tert-OH is 10. The first-order valence-corrected chi connectivity index (χ1v) is 17.7. The Kier molecular flexibility index (Phi) is 15.0. The van der Waals surface area contributed by atoms with Gasteiger partial charge in [0.2, 0.25) is 0 Å². The maximum absolute atomic E-state index is 11.3. The maximum Gasteiger partial charge on any atom is 0.187 e. The number of nitrogens with zero attached hydrogens (tertiary/aromatic N) is 1. The molecule has 0 spiro atoms. The minimum Gasteiger partial charge on any atom is -0.394 e. The van der Waals surface area contributed by atoms with Gasteiger partial charge in [0.25, 0.3) is 0 Å². The third-order valence-electron chi connectivity index (χ3n) is 9.84. The summed E-state index contributed by atoms with van der Waals surface area (Å²) in [7, 11) is 0. The summed E-state index contributed by atoms with van der Waals surface area (Å²) >= 11 is 6.35. The Labute approximate surface area is 305 Å². The Bertz CT molecular complexity index is 1250. The first kappa shape index (κ1) is 41.9. The highest BCUT2D eigenvalue weighted by Gasteiger charge is 2.52. The van der Waals surface area contributed by atoms with E-state index in [9.17, 15) is 51.1 Å². The third kappa shape index (κ3) is 9.42. The highest BCUT2D eigenvalue weighted by atomic mass is 35.5. The zero-order chi connectivity index (χ0) is 37.9. The third-order valence-corrected chi connectivity index (χ3v) is 10.2. The first-order chi connectivity index (χ1) is 24.8. The minimum absolute atomic E-state index is 0.171. The minimum atomic E-state index is -1.80. The Balaban J connectivity index is 1.26. The van der Waals surface area contributed by atoms with Crippen molar-refractivity contribution in [2.45, 2.75) is 125 Å². The van der Waals surface area contributed by atoms with Gasteiger partial charge in [-0.25, -0.2) is 0 Å². The number of rotatable bonds is 13. The van der Waals surface area contributed by atoms with Crippen molar-refractivity contribution in [1.82, 2.24) is 4.90 Å². The fraction of sp³-hybridized carbons (Fsp3) is 0.818. The summed E-state index contributed by atoms with van der Waals surface area (Å²) in [6.45, 7) is 2.18. The van der Waals surface area contributed by atoms with Gasteiger partial charge in [-0.2, -0.15) is 0 Å². The van der Waals surface area contributed by atoms with Crippen LogP contribution >= 0.6 is 11.6 Å². The molecule has 1 aromatic carbocycles. The molecular weight excluding hydrogens is 718 g/mol. The van der Waals surface area contributed by atoms with Crippen molar-refractivity contribution in [2.75, 3.05) is 39.5 Å².